The van der Waals surface area contributed by atoms with E-state index in [4.69, 9.17) is 16.3 Å². The highest BCUT2D eigenvalue weighted by Crippen LogP contribution is 2.21. The molecular weight excluding hydrogens is 279 g/mol. The number of hydrogen-bond acceptors (Lipinski definition) is 3. The van der Waals surface area contributed by atoms with Crippen molar-refractivity contribution >= 4 is 11.6 Å². The first-order valence-electron chi connectivity index (χ1n) is 7.05. The number of rotatable bonds is 5. The van der Waals surface area contributed by atoms with Crippen molar-refractivity contribution in [2.45, 2.75) is 32.5 Å². The van der Waals surface area contributed by atoms with Crippen LogP contribution in [0.3, 0.4) is 0 Å². The van der Waals surface area contributed by atoms with Gasteiger partial charge in [-0.3, -0.25) is 4.90 Å². The quantitative estimate of drug-likeness (QED) is 0.905. The van der Waals surface area contributed by atoms with E-state index < -0.39 is 0 Å². The van der Waals surface area contributed by atoms with Crippen molar-refractivity contribution in [2.75, 3.05) is 26.3 Å². The third-order valence-electron chi connectivity index (χ3n) is 3.50. The van der Waals surface area contributed by atoms with E-state index in [1.807, 2.05) is 0 Å². The van der Waals surface area contributed by atoms with Crippen LogP contribution in [-0.4, -0.2) is 43.3 Å². The lowest BCUT2D eigenvalue weighted by atomic mass is 10.1. The van der Waals surface area contributed by atoms with Gasteiger partial charge in [0.15, 0.2) is 0 Å². The van der Waals surface area contributed by atoms with Crippen LogP contribution in [0.5, 0.6) is 0 Å². The van der Waals surface area contributed by atoms with E-state index in [2.05, 4.69) is 24.1 Å². The number of nitrogens with one attached hydrogen (secondary N) is 1. The van der Waals surface area contributed by atoms with Crippen molar-refractivity contribution in [3.05, 3.63) is 34.6 Å². The van der Waals surface area contributed by atoms with Crippen LogP contribution in [0, 0.1) is 5.82 Å². The van der Waals surface area contributed by atoms with Gasteiger partial charge in [-0.15, -0.1) is 0 Å². The molecule has 1 atom stereocenters. The van der Waals surface area contributed by atoms with Crippen LogP contribution in [-0.2, 0) is 11.3 Å². The summed E-state index contributed by atoms with van der Waals surface area (Å²) >= 11 is 6.11. The second-order valence-electron chi connectivity index (χ2n) is 5.50. The number of ether oxygens (including phenoxy) is 1. The number of benzene rings is 1. The minimum absolute atomic E-state index is 0.293. The van der Waals surface area contributed by atoms with Crippen LogP contribution in [0.15, 0.2) is 18.2 Å². The van der Waals surface area contributed by atoms with Crippen molar-refractivity contribution in [1.29, 1.82) is 0 Å². The second kappa shape index (κ2) is 7.36. The Balaban J connectivity index is 2.00. The minimum Gasteiger partial charge on any atom is -0.378 e. The van der Waals surface area contributed by atoms with E-state index in [9.17, 15) is 4.39 Å². The summed E-state index contributed by atoms with van der Waals surface area (Å²) in [5, 5.41) is 3.93. The predicted octanol–water partition coefficient (Wildman–Crippen LogP) is 2.68. The van der Waals surface area contributed by atoms with Gasteiger partial charge in [-0.1, -0.05) is 31.5 Å². The van der Waals surface area contributed by atoms with E-state index in [0.29, 0.717) is 17.1 Å². The molecule has 0 spiro atoms. The third-order valence-corrected chi connectivity index (χ3v) is 3.85. The monoisotopic (exact) mass is 300 g/mol. The summed E-state index contributed by atoms with van der Waals surface area (Å²) in [6.45, 7) is 8.20. The SMILES string of the molecule is CC(C)NCC1COCCN1Cc1ccc(F)cc1Cl. The molecule has 1 N–H and O–H groups in total. The van der Waals surface area contributed by atoms with Gasteiger partial charge in [0.05, 0.1) is 13.2 Å². The molecule has 112 valence electrons. The molecule has 1 aromatic rings. The Hall–Kier alpha value is -0.680. The van der Waals surface area contributed by atoms with Gasteiger partial charge < -0.3 is 10.1 Å². The normalized spacial score (nSPS) is 20.6. The highest BCUT2D eigenvalue weighted by Gasteiger charge is 2.23. The molecule has 1 fully saturated rings. The molecule has 0 saturated carbocycles. The summed E-state index contributed by atoms with van der Waals surface area (Å²) in [5.74, 6) is -0.293. The molecule has 0 radical (unpaired) electrons. The van der Waals surface area contributed by atoms with Crippen molar-refractivity contribution in [2.24, 2.45) is 0 Å². The topological polar surface area (TPSA) is 24.5 Å². The highest BCUT2D eigenvalue weighted by atomic mass is 35.5. The van der Waals surface area contributed by atoms with Crippen LogP contribution in [0.4, 0.5) is 4.39 Å². The maximum atomic E-state index is 13.1. The van der Waals surface area contributed by atoms with Crippen molar-refractivity contribution in [1.82, 2.24) is 10.2 Å². The average molecular weight is 301 g/mol. The zero-order valence-corrected chi connectivity index (χ0v) is 12.8. The maximum Gasteiger partial charge on any atom is 0.124 e. The fraction of sp³-hybridized carbons (Fsp3) is 0.600. The Labute approximate surface area is 125 Å². The fourth-order valence-corrected chi connectivity index (χ4v) is 2.55. The summed E-state index contributed by atoms with van der Waals surface area (Å²) in [6, 6.07) is 5.38. The maximum absolute atomic E-state index is 13.1. The molecule has 3 nitrogen and oxygen atoms in total. The number of nitrogens with zero attached hydrogens (tertiary/aromatic N) is 1. The van der Waals surface area contributed by atoms with Crippen LogP contribution >= 0.6 is 11.6 Å². The lowest BCUT2D eigenvalue weighted by molar-refractivity contribution is -0.0114. The van der Waals surface area contributed by atoms with E-state index in [-0.39, 0.29) is 5.82 Å². The average Bonchev–Trinajstić information content (AvgIpc) is 2.41. The minimum atomic E-state index is -0.293. The van der Waals surface area contributed by atoms with Gasteiger partial charge in [0.1, 0.15) is 5.82 Å². The molecule has 1 unspecified atom stereocenters. The molecule has 5 heteroatoms. The Morgan fingerprint density at radius 1 is 1.50 bits per heavy atom. The molecule has 1 heterocycles. The lowest BCUT2D eigenvalue weighted by Crippen LogP contribution is -2.50. The first-order valence-corrected chi connectivity index (χ1v) is 7.43. The van der Waals surface area contributed by atoms with Crippen molar-refractivity contribution < 1.29 is 9.13 Å². The fourth-order valence-electron chi connectivity index (χ4n) is 2.33. The van der Waals surface area contributed by atoms with Gasteiger partial charge in [0, 0.05) is 36.7 Å². The molecule has 0 bridgehead atoms. The summed E-state index contributed by atoms with van der Waals surface area (Å²) in [5.41, 5.74) is 0.963. The summed E-state index contributed by atoms with van der Waals surface area (Å²) < 4.78 is 18.6. The summed E-state index contributed by atoms with van der Waals surface area (Å²) in [4.78, 5) is 2.35. The lowest BCUT2D eigenvalue weighted by Gasteiger charge is -2.36. The summed E-state index contributed by atoms with van der Waals surface area (Å²) in [6.07, 6.45) is 0. The van der Waals surface area contributed by atoms with Crippen LogP contribution in [0.2, 0.25) is 5.02 Å². The van der Waals surface area contributed by atoms with Gasteiger partial charge in [-0.05, 0) is 17.7 Å². The molecule has 1 aliphatic heterocycles. The Kier molecular flexibility index (Phi) is 5.78. The molecule has 1 saturated heterocycles. The largest absolute Gasteiger partial charge is 0.378 e. The number of morpholine rings is 1. The molecule has 0 aromatic heterocycles. The van der Waals surface area contributed by atoms with Gasteiger partial charge in [-0.2, -0.15) is 0 Å². The van der Waals surface area contributed by atoms with Crippen LogP contribution in [0.25, 0.3) is 0 Å². The van der Waals surface area contributed by atoms with Crippen LogP contribution in [0.1, 0.15) is 19.4 Å². The van der Waals surface area contributed by atoms with Gasteiger partial charge in [0.25, 0.3) is 0 Å². The smallest absolute Gasteiger partial charge is 0.124 e. The molecule has 1 aromatic carbocycles. The van der Waals surface area contributed by atoms with Gasteiger partial charge in [0.2, 0.25) is 0 Å². The third kappa shape index (κ3) is 4.42. The number of halogens is 2. The first-order chi connectivity index (χ1) is 9.56. The predicted molar refractivity (Wildman–Crippen MR) is 79.6 cm³/mol. The van der Waals surface area contributed by atoms with Crippen LogP contribution < -0.4 is 5.32 Å². The molecule has 20 heavy (non-hydrogen) atoms. The molecule has 2 rings (SSSR count). The Morgan fingerprint density at radius 2 is 2.30 bits per heavy atom. The van der Waals surface area contributed by atoms with E-state index in [1.165, 1.54) is 12.1 Å². The van der Waals surface area contributed by atoms with Gasteiger partial charge >= 0.3 is 0 Å². The Morgan fingerprint density at radius 3 is 3.00 bits per heavy atom. The van der Waals surface area contributed by atoms with Crippen molar-refractivity contribution in [3.63, 3.8) is 0 Å². The molecule has 1 aliphatic rings. The zero-order chi connectivity index (χ0) is 14.5. The number of hydrogen-bond donors (Lipinski definition) is 1. The summed E-state index contributed by atoms with van der Waals surface area (Å²) in [7, 11) is 0. The van der Waals surface area contributed by atoms with E-state index in [1.54, 1.807) is 6.07 Å². The van der Waals surface area contributed by atoms with Gasteiger partial charge in [-0.25, -0.2) is 4.39 Å². The zero-order valence-electron chi connectivity index (χ0n) is 12.0. The first kappa shape index (κ1) is 15.7. The highest BCUT2D eigenvalue weighted by molar-refractivity contribution is 6.31. The molecule has 0 amide bonds. The second-order valence-corrected chi connectivity index (χ2v) is 5.91. The molecule has 0 aliphatic carbocycles. The van der Waals surface area contributed by atoms with E-state index >= 15 is 0 Å². The van der Waals surface area contributed by atoms with E-state index in [0.717, 1.165) is 38.4 Å². The Bertz CT molecular complexity index is 442. The standard InChI is InChI=1S/C15H22ClFN2O/c1-11(2)18-8-14-10-20-6-5-19(14)9-12-3-4-13(17)7-15(12)16/h3-4,7,11,14,18H,5-6,8-10H2,1-2H3. The molecular formula is C15H22ClFN2O. The van der Waals surface area contributed by atoms with Crippen molar-refractivity contribution in [3.8, 4) is 0 Å².